The molecule has 7 heteroatoms. The summed E-state index contributed by atoms with van der Waals surface area (Å²) in [6.07, 6.45) is 22.3. The third-order valence-electron chi connectivity index (χ3n) is 6.76. The van der Waals surface area contributed by atoms with Crippen molar-refractivity contribution in [2.45, 2.75) is 109 Å². The lowest BCUT2D eigenvalue weighted by Gasteiger charge is -2.24. The largest absolute Gasteiger partial charge is 0.474 e. The van der Waals surface area contributed by atoms with Crippen LogP contribution in [-0.2, 0) is 24.6 Å². The molecule has 0 heterocycles. The molecule has 0 aliphatic rings. The molecule has 1 rings (SSSR count). The van der Waals surface area contributed by atoms with E-state index in [1.54, 1.807) is 0 Å². The number of rotatable bonds is 25. The summed E-state index contributed by atoms with van der Waals surface area (Å²) < 4.78 is 30.3. The maximum Gasteiger partial charge on any atom is 0.474 e. The Morgan fingerprint density at radius 1 is 0.649 bits per heavy atom. The SMILES string of the molecule is COP(=O)(OCCCCCCCCCCCCCCCCCCc1ccc(I)cc1)OCC[N+](C)(C)C. The minimum atomic E-state index is -3.40. The maximum absolute atomic E-state index is 12.4. The van der Waals surface area contributed by atoms with Crippen LogP contribution in [0.25, 0.3) is 0 Å². The first-order chi connectivity index (χ1) is 17.7. The highest BCUT2D eigenvalue weighted by atomic mass is 127. The zero-order valence-corrected chi connectivity index (χ0v) is 27.4. The van der Waals surface area contributed by atoms with Crippen LogP contribution in [0.1, 0.15) is 108 Å². The molecule has 1 unspecified atom stereocenters. The zero-order chi connectivity index (χ0) is 27.2. The summed E-state index contributed by atoms with van der Waals surface area (Å²) in [6.45, 7) is 1.55. The van der Waals surface area contributed by atoms with Gasteiger partial charge in [0.2, 0.25) is 0 Å². The van der Waals surface area contributed by atoms with E-state index in [2.05, 4.69) is 68.0 Å². The van der Waals surface area contributed by atoms with E-state index in [1.165, 1.54) is 113 Å². The van der Waals surface area contributed by atoms with Crippen molar-refractivity contribution in [3.05, 3.63) is 33.4 Å². The molecular weight excluding hydrogens is 596 g/mol. The molecule has 0 fully saturated rings. The predicted molar refractivity (Wildman–Crippen MR) is 166 cm³/mol. The lowest BCUT2D eigenvalue weighted by atomic mass is 10.0. The molecule has 1 aromatic rings. The molecule has 0 spiro atoms. The van der Waals surface area contributed by atoms with Crippen LogP contribution in [0.3, 0.4) is 0 Å². The predicted octanol–water partition coefficient (Wildman–Crippen LogP) is 9.57. The maximum atomic E-state index is 12.4. The second-order valence-electron chi connectivity index (χ2n) is 11.3. The number of likely N-dealkylation sites (N-methyl/N-ethyl adjacent to an activating group) is 1. The first-order valence-electron chi connectivity index (χ1n) is 14.7. The van der Waals surface area contributed by atoms with Crippen LogP contribution in [-0.4, -0.2) is 52.5 Å². The number of phosphoric acid groups is 1. The Kier molecular flexibility index (Phi) is 20.6. The van der Waals surface area contributed by atoms with E-state index in [0.29, 0.717) is 13.2 Å². The number of hydrogen-bond acceptors (Lipinski definition) is 4. The van der Waals surface area contributed by atoms with Gasteiger partial charge in [0.05, 0.1) is 27.7 Å². The molecule has 1 aromatic carbocycles. The van der Waals surface area contributed by atoms with E-state index in [1.807, 2.05) is 0 Å². The molecule has 0 N–H and O–H groups in total. The molecule has 37 heavy (non-hydrogen) atoms. The van der Waals surface area contributed by atoms with Crippen LogP contribution < -0.4 is 0 Å². The van der Waals surface area contributed by atoms with Gasteiger partial charge in [-0.3, -0.25) is 13.6 Å². The van der Waals surface area contributed by atoms with Crippen molar-refractivity contribution in [3.63, 3.8) is 0 Å². The molecule has 0 saturated heterocycles. The Balaban J connectivity index is 1.80. The summed E-state index contributed by atoms with van der Waals surface area (Å²) in [6, 6.07) is 8.97. The fraction of sp³-hybridized carbons (Fsp3) is 0.800. The average Bonchev–Trinajstić information content (AvgIpc) is 2.85. The molecule has 5 nitrogen and oxygen atoms in total. The fourth-order valence-electron chi connectivity index (χ4n) is 4.30. The monoisotopic (exact) mass is 652 g/mol. The second kappa shape index (κ2) is 21.8. The Morgan fingerprint density at radius 2 is 1.05 bits per heavy atom. The molecule has 0 amide bonds. The first kappa shape index (κ1) is 35.0. The van der Waals surface area contributed by atoms with E-state index in [0.717, 1.165) is 23.9 Å². The Labute approximate surface area is 242 Å². The Bertz CT molecular complexity index is 709. The van der Waals surface area contributed by atoms with Crippen molar-refractivity contribution in [2.24, 2.45) is 0 Å². The Hall–Kier alpha value is 0.0200. The van der Waals surface area contributed by atoms with Crippen LogP contribution >= 0.6 is 30.4 Å². The van der Waals surface area contributed by atoms with Crippen molar-refractivity contribution < 1.29 is 22.6 Å². The second-order valence-corrected chi connectivity index (χ2v) is 14.4. The average molecular weight is 653 g/mol. The lowest BCUT2D eigenvalue weighted by molar-refractivity contribution is -0.870. The van der Waals surface area contributed by atoms with Gasteiger partial charge in [0.1, 0.15) is 13.2 Å². The van der Waals surface area contributed by atoms with Gasteiger partial charge in [-0.15, -0.1) is 0 Å². The zero-order valence-electron chi connectivity index (χ0n) is 24.4. The molecule has 0 bridgehead atoms. The minimum absolute atomic E-state index is 0.365. The topological polar surface area (TPSA) is 44.8 Å². The summed E-state index contributed by atoms with van der Waals surface area (Å²) in [5, 5.41) is 0. The van der Waals surface area contributed by atoms with Gasteiger partial charge in [0.25, 0.3) is 0 Å². The van der Waals surface area contributed by atoms with Gasteiger partial charge in [0.15, 0.2) is 0 Å². The quantitative estimate of drug-likeness (QED) is 0.0457. The van der Waals surface area contributed by atoms with E-state index < -0.39 is 7.82 Å². The number of phosphoric ester groups is 1. The smallest absolute Gasteiger partial charge is 0.329 e. The number of hydrogen-bond donors (Lipinski definition) is 0. The van der Waals surface area contributed by atoms with Gasteiger partial charge < -0.3 is 4.48 Å². The fourth-order valence-corrected chi connectivity index (χ4v) is 5.61. The molecule has 0 radical (unpaired) electrons. The van der Waals surface area contributed by atoms with Gasteiger partial charge in [-0.25, -0.2) is 4.57 Å². The van der Waals surface area contributed by atoms with Crippen LogP contribution in [0.5, 0.6) is 0 Å². The standard InChI is InChI=1S/C30H56INO4P/c1-32(2,3)26-28-36-37(33,34-4)35-27-20-18-16-14-12-10-8-6-5-7-9-11-13-15-17-19-21-29-22-24-30(31)25-23-29/h22-25H,5-21,26-28H2,1-4H3/q+1. The molecule has 0 saturated carbocycles. The molecule has 0 aliphatic carbocycles. The first-order valence-corrected chi connectivity index (χ1v) is 17.3. The van der Waals surface area contributed by atoms with Crippen LogP contribution in [0.4, 0.5) is 0 Å². The highest BCUT2D eigenvalue weighted by molar-refractivity contribution is 14.1. The van der Waals surface area contributed by atoms with Crippen molar-refractivity contribution in [3.8, 4) is 0 Å². The number of quaternary nitrogens is 1. The number of halogens is 1. The molecule has 216 valence electrons. The van der Waals surface area contributed by atoms with Crippen molar-refractivity contribution >= 4 is 30.4 Å². The third kappa shape index (κ3) is 21.5. The van der Waals surface area contributed by atoms with Gasteiger partial charge in [-0.2, -0.15) is 0 Å². The van der Waals surface area contributed by atoms with Crippen LogP contribution in [0, 0.1) is 3.57 Å². The van der Waals surface area contributed by atoms with E-state index in [-0.39, 0.29) is 0 Å². The number of aryl methyl sites for hydroxylation is 1. The number of benzene rings is 1. The highest BCUT2D eigenvalue weighted by Gasteiger charge is 2.25. The van der Waals surface area contributed by atoms with Gasteiger partial charge in [-0.1, -0.05) is 102 Å². The normalized spacial score (nSPS) is 13.6. The van der Waals surface area contributed by atoms with Crippen molar-refractivity contribution in [2.75, 3.05) is 48.0 Å². The van der Waals surface area contributed by atoms with Crippen LogP contribution in [0.2, 0.25) is 0 Å². The van der Waals surface area contributed by atoms with Gasteiger partial charge >= 0.3 is 7.82 Å². The van der Waals surface area contributed by atoms with E-state index in [4.69, 9.17) is 13.6 Å². The van der Waals surface area contributed by atoms with E-state index in [9.17, 15) is 4.57 Å². The van der Waals surface area contributed by atoms with Crippen LogP contribution in [0.15, 0.2) is 24.3 Å². The van der Waals surface area contributed by atoms with Crippen molar-refractivity contribution in [1.29, 1.82) is 0 Å². The molecule has 1 atom stereocenters. The van der Waals surface area contributed by atoms with Gasteiger partial charge in [-0.05, 0) is 59.5 Å². The highest BCUT2D eigenvalue weighted by Crippen LogP contribution is 2.48. The lowest BCUT2D eigenvalue weighted by Crippen LogP contribution is -2.37. The summed E-state index contributed by atoms with van der Waals surface area (Å²) in [7, 11) is 4.20. The summed E-state index contributed by atoms with van der Waals surface area (Å²) in [5.41, 5.74) is 1.48. The molecule has 0 aromatic heterocycles. The van der Waals surface area contributed by atoms with E-state index >= 15 is 0 Å². The summed E-state index contributed by atoms with van der Waals surface area (Å²) in [4.78, 5) is 0. The molecular formula is C30H56INO4P+. The summed E-state index contributed by atoms with van der Waals surface area (Å²) >= 11 is 2.37. The minimum Gasteiger partial charge on any atom is -0.329 e. The molecule has 0 aliphatic heterocycles. The van der Waals surface area contributed by atoms with Crippen molar-refractivity contribution in [1.82, 2.24) is 0 Å². The number of nitrogens with zero attached hydrogens (tertiary/aromatic N) is 1. The third-order valence-corrected chi connectivity index (χ3v) is 8.92. The van der Waals surface area contributed by atoms with Gasteiger partial charge in [0, 0.05) is 10.7 Å². The summed E-state index contributed by atoms with van der Waals surface area (Å²) in [5.74, 6) is 0. The number of unbranched alkanes of at least 4 members (excludes halogenated alkanes) is 15. The Morgan fingerprint density at radius 3 is 1.49 bits per heavy atom.